The number of hydrogen-bond donors (Lipinski definition) is 2. The van der Waals surface area contributed by atoms with Crippen LogP contribution in [0.4, 0.5) is 0 Å². The van der Waals surface area contributed by atoms with Gasteiger partial charge in [-0.05, 0) is 25.1 Å². The highest BCUT2D eigenvalue weighted by Gasteiger charge is 2.16. The van der Waals surface area contributed by atoms with Crippen molar-refractivity contribution in [2.75, 3.05) is 18.8 Å². The Morgan fingerprint density at radius 2 is 2.25 bits per heavy atom. The normalized spacial score (nSPS) is 19.6. The molecular weight excluding hydrogens is 220 g/mol. The van der Waals surface area contributed by atoms with Gasteiger partial charge in [-0.15, -0.1) is 11.8 Å². The molecule has 4 heteroatoms. The van der Waals surface area contributed by atoms with E-state index < -0.39 is 0 Å². The van der Waals surface area contributed by atoms with Gasteiger partial charge in [-0.3, -0.25) is 4.79 Å². The highest BCUT2D eigenvalue weighted by Crippen LogP contribution is 2.16. The van der Waals surface area contributed by atoms with Crippen molar-refractivity contribution in [2.24, 2.45) is 0 Å². The lowest BCUT2D eigenvalue weighted by Gasteiger charge is -2.10. The van der Waals surface area contributed by atoms with Crippen LogP contribution >= 0.6 is 11.8 Å². The minimum atomic E-state index is 0.127. The number of thioether (sulfide) groups is 1. The van der Waals surface area contributed by atoms with Crippen LogP contribution in [0.3, 0.4) is 0 Å². The fraction of sp³-hybridized carbons (Fsp3) is 0.417. The van der Waals surface area contributed by atoms with Crippen molar-refractivity contribution >= 4 is 17.7 Å². The van der Waals surface area contributed by atoms with Crippen molar-refractivity contribution < 1.29 is 4.79 Å². The second kappa shape index (κ2) is 5.92. The van der Waals surface area contributed by atoms with Crippen LogP contribution in [0, 0.1) is 0 Å². The molecule has 0 aromatic heterocycles. The monoisotopic (exact) mass is 236 g/mol. The molecule has 86 valence electrons. The van der Waals surface area contributed by atoms with Crippen LogP contribution in [0.25, 0.3) is 0 Å². The molecule has 0 aliphatic carbocycles. The number of carbonyl (C=O) groups is 1. The maximum absolute atomic E-state index is 11.6. The van der Waals surface area contributed by atoms with Gasteiger partial charge in [-0.1, -0.05) is 18.2 Å². The molecule has 1 heterocycles. The van der Waals surface area contributed by atoms with Crippen LogP contribution in [-0.4, -0.2) is 30.8 Å². The average Bonchev–Trinajstić information content (AvgIpc) is 2.81. The predicted molar refractivity (Wildman–Crippen MR) is 66.6 cm³/mol. The summed E-state index contributed by atoms with van der Waals surface area (Å²) in [5.74, 6) is 0.628. The van der Waals surface area contributed by atoms with Crippen LogP contribution in [0.1, 0.15) is 6.42 Å². The van der Waals surface area contributed by atoms with Crippen molar-refractivity contribution in [1.29, 1.82) is 0 Å². The van der Waals surface area contributed by atoms with Crippen LogP contribution in [-0.2, 0) is 4.79 Å². The van der Waals surface area contributed by atoms with Gasteiger partial charge >= 0.3 is 0 Å². The van der Waals surface area contributed by atoms with Crippen LogP contribution in [0.15, 0.2) is 35.2 Å². The molecule has 2 rings (SSSR count). The van der Waals surface area contributed by atoms with E-state index in [1.54, 1.807) is 11.8 Å². The molecule has 1 aliphatic rings. The molecule has 1 fully saturated rings. The van der Waals surface area contributed by atoms with Crippen LogP contribution < -0.4 is 10.6 Å². The van der Waals surface area contributed by atoms with Crippen molar-refractivity contribution in [3.05, 3.63) is 30.3 Å². The Hall–Kier alpha value is -1.00. The summed E-state index contributed by atoms with van der Waals surface area (Å²) in [5.41, 5.74) is 0. The highest BCUT2D eigenvalue weighted by atomic mass is 32.2. The zero-order chi connectivity index (χ0) is 11.2. The molecule has 1 aliphatic heterocycles. The van der Waals surface area contributed by atoms with E-state index in [9.17, 15) is 4.79 Å². The van der Waals surface area contributed by atoms with E-state index in [0.29, 0.717) is 11.8 Å². The standard InChI is InChI=1S/C12H16N2OS/c15-12(14-10-6-7-13-8-10)9-16-11-4-2-1-3-5-11/h1-5,10,13H,6-9H2,(H,14,15). The van der Waals surface area contributed by atoms with Gasteiger partial charge in [0.2, 0.25) is 5.91 Å². The number of hydrogen-bond acceptors (Lipinski definition) is 3. The molecule has 1 aromatic carbocycles. The van der Waals surface area contributed by atoms with Crippen molar-refractivity contribution in [1.82, 2.24) is 10.6 Å². The van der Waals surface area contributed by atoms with E-state index in [0.717, 1.165) is 24.4 Å². The first-order chi connectivity index (χ1) is 7.84. The van der Waals surface area contributed by atoms with Crippen molar-refractivity contribution in [3.63, 3.8) is 0 Å². The van der Waals surface area contributed by atoms with E-state index >= 15 is 0 Å². The number of benzene rings is 1. The largest absolute Gasteiger partial charge is 0.351 e. The first-order valence-corrected chi connectivity index (χ1v) is 6.51. The molecule has 1 unspecified atom stereocenters. The first-order valence-electron chi connectivity index (χ1n) is 5.52. The zero-order valence-electron chi connectivity index (χ0n) is 9.11. The summed E-state index contributed by atoms with van der Waals surface area (Å²) in [5, 5.41) is 6.26. The highest BCUT2D eigenvalue weighted by molar-refractivity contribution is 8.00. The quantitative estimate of drug-likeness (QED) is 0.773. The summed E-state index contributed by atoms with van der Waals surface area (Å²) in [6.45, 7) is 1.92. The summed E-state index contributed by atoms with van der Waals surface area (Å²) >= 11 is 1.58. The number of nitrogens with one attached hydrogen (secondary N) is 2. The molecule has 0 saturated carbocycles. The maximum atomic E-state index is 11.6. The van der Waals surface area contributed by atoms with Crippen LogP contribution in [0.2, 0.25) is 0 Å². The first kappa shape index (κ1) is 11.5. The van der Waals surface area contributed by atoms with E-state index in [4.69, 9.17) is 0 Å². The molecule has 1 atom stereocenters. The van der Waals surface area contributed by atoms with Crippen molar-refractivity contribution in [3.8, 4) is 0 Å². The zero-order valence-corrected chi connectivity index (χ0v) is 9.93. The summed E-state index contributed by atoms with van der Waals surface area (Å²) < 4.78 is 0. The van der Waals surface area contributed by atoms with Gasteiger partial charge in [0.05, 0.1) is 5.75 Å². The Morgan fingerprint density at radius 3 is 2.94 bits per heavy atom. The fourth-order valence-electron chi connectivity index (χ4n) is 1.71. The second-order valence-corrected chi connectivity index (χ2v) is 4.91. The summed E-state index contributed by atoms with van der Waals surface area (Å²) in [4.78, 5) is 12.8. The van der Waals surface area contributed by atoms with Gasteiger partial charge in [0, 0.05) is 17.5 Å². The van der Waals surface area contributed by atoms with Gasteiger partial charge in [0.25, 0.3) is 0 Å². The number of rotatable bonds is 4. The Bertz CT molecular complexity index is 336. The topological polar surface area (TPSA) is 41.1 Å². The molecule has 3 nitrogen and oxygen atoms in total. The molecule has 0 bridgehead atoms. The lowest BCUT2D eigenvalue weighted by molar-refractivity contribution is -0.119. The Balaban J connectivity index is 1.71. The minimum absolute atomic E-state index is 0.127. The predicted octanol–water partition coefficient (Wildman–Crippen LogP) is 1.26. The molecule has 2 N–H and O–H groups in total. The van der Waals surface area contributed by atoms with E-state index in [1.807, 2.05) is 30.3 Å². The Kier molecular flexibility index (Phi) is 4.25. The number of amides is 1. The van der Waals surface area contributed by atoms with Gasteiger partial charge < -0.3 is 10.6 Å². The van der Waals surface area contributed by atoms with Crippen molar-refractivity contribution in [2.45, 2.75) is 17.4 Å². The van der Waals surface area contributed by atoms with Gasteiger partial charge in [-0.25, -0.2) is 0 Å². The number of carbonyl (C=O) groups excluding carboxylic acids is 1. The summed E-state index contributed by atoms with van der Waals surface area (Å²) in [6.07, 6.45) is 1.04. The third kappa shape index (κ3) is 3.54. The lowest BCUT2D eigenvalue weighted by Crippen LogP contribution is -2.37. The maximum Gasteiger partial charge on any atom is 0.230 e. The lowest BCUT2D eigenvalue weighted by atomic mass is 10.3. The third-order valence-electron chi connectivity index (χ3n) is 2.54. The van der Waals surface area contributed by atoms with E-state index in [-0.39, 0.29) is 5.91 Å². The molecule has 16 heavy (non-hydrogen) atoms. The summed E-state index contributed by atoms with van der Waals surface area (Å²) in [7, 11) is 0. The van der Waals surface area contributed by atoms with Gasteiger partial charge in [0.15, 0.2) is 0 Å². The molecular formula is C12H16N2OS. The van der Waals surface area contributed by atoms with E-state index in [2.05, 4.69) is 10.6 Å². The van der Waals surface area contributed by atoms with Gasteiger partial charge in [-0.2, -0.15) is 0 Å². The van der Waals surface area contributed by atoms with Crippen LogP contribution in [0.5, 0.6) is 0 Å². The second-order valence-electron chi connectivity index (χ2n) is 3.86. The fourth-order valence-corrected chi connectivity index (χ4v) is 2.44. The average molecular weight is 236 g/mol. The molecule has 0 radical (unpaired) electrons. The molecule has 1 aromatic rings. The smallest absolute Gasteiger partial charge is 0.230 e. The third-order valence-corrected chi connectivity index (χ3v) is 3.55. The summed E-state index contributed by atoms with van der Waals surface area (Å²) in [6, 6.07) is 10.3. The molecule has 0 spiro atoms. The Labute approximate surface area is 100.0 Å². The minimum Gasteiger partial charge on any atom is -0.351 e. The van der Waals surface area contributed by atoms with Gasteiger partial charge in [0.1, 0.15) is 0 Å². The molecule has 1 amide bonds. The Morgan fingerprint density at radius 1 is 1.44 bits per heavy atom. The SMILES string of the molecule is O=C(CSc1ccccc1)NC1CCNC1. The molecule has 1 saturated heterocycles. The van der Waals surface area contributed by atoms with E-state index in [1.165, 1.54) is 0 Å².